The van der Waals surface area contributed by atoms with Gasteiger partial charge in [-0.25, -0.2) is 9.78 Å². The Balaban J connectivity index is 1.86. The predicted octanol–water partition coefficient (Wildman–Crippen LogP) is 3.29. The molecule has 3 rings (SSSR count). The van der Waals surface area contributed by atoms with Crippen molar-refractivity contribution >= 4 is 17.0 Å². The molecular formula is C18H21N3O3. The van der Waals surface area contributed by atoms with Gasteiger partial charge in [0.15, 0.2) is 0 Å². The molecule has 0 aliphatic rings. The van der Waals surface area contributed by atoms with Crippen LogP contribution in [-0.4, -0.2) is 32.6 Å². The highest BCUT2D eigenvalue weighted by Crippen LogP contribution is 2.20. The van der Waals surface area contributed by atoms with Crippen LogP contribution in [0.2, 0.25) is 0 Å². The fourth-order valence-electron chi connectivity index (χ4n) is 2.92. The summed E-state index contributed by atoms with van der Waals surface area (Å²) < 4.78 is 7.73. The molecule has 1 aromatic carbocycles. The first-order valence-electron chi connectivity index (χ1n) is 7.94. The summed E-state index contributed by atoms with van der Waals surface area (Å²) in [7, 11) is 2.01. The molecule has 6 nitrogen and oxygen atoms in total. The average Bonchev–Trinajstić information content (AvgIpc) is 3.08. The summed E-state index contributed by atoms with van der Waals surface area (Å²) >= 11 is 0. The van der Waals surface area contributed by atoms with E-state index >= 15 is 0 Å². The molecule has 0 spiro atoms. The molecule has 0 radical (unpaired) electrons. The molecule has 0 atom stereocenters. The van der Waals surface area contributed by atoms with E-state index in [4.69, 9.17) is 9.52 Å². The van der Waals surface area contributed by atoms with Crippen LogP contribution in [0, 0.1) is 6.92 Å². The van der Waals surface area contributed by atoms with E-state index in [1.165, 1.54) is 0 Å². The van der Waals surface area contributed by atoms with E-state index in [-0.39, 0.29) is 5.56 Å². The molecule has 0 aliphatic carbocycles. The lowest BCUT2D eigenvalue weighted by molar-refractivity contribution is 0.0697. The Morgan fingerprint density at radius 2 is 2.08 bits per heavy atom. The number of rotatable bonds is 6. The molecule has 0 fully saturated rings. The predicted molar refractivity (Wildman–Crippen MR) is 91.0 cm³/mol. The zero-order valence-corrected chi connectivity index (χ0v) is 14.1. The van der Waals surface area contributed by atoms with E-state index < -0.39 is 5.97 Å². The minimum Gasteiger partial charge on any atom is -0.478 e. The lowest BCUT2D eigenvalue weighted by Gasteiger charge is -2.15. The Kier molecular flexibility index (Phi) is 4.40. The minimum absolute atomic E-state index is 0.259. The number of carboxylic acids is 1. The molecule has 3 aromatic rings. The number of hydrogen-bond donors (Lipinski definition) is 1. The van der Waals surface area contributed by atoms with Crippen LogP contribution in [0.1, 0.15) is 34.6 Å². The van der Waals surface area contributed by atoms with Gasteiger partial charge in [-0.15, -0.1) is 0 Å². The molecule has 1 N–H and O–H groups in total. The Morgan fingerprint density at radius 3 is 2.71 bits per heavy atom. The number of aromatic nitrogens is 2. The standard InChI is InChI=1S/C18H21N3O3/c1-4-21-16-8-6-13(18(22)23)9-15(16)19-17(21)11-20(3)10-14-7-5-12(2)24-14/h5-9H,4,10-11H2,1-3H3,(H,22,23). The summed E-state index contributed by atoms with van der Waals surface area (Å²) in [6, 6.07) is 9.02. The van der Waals surface area contributed by atoms with Crippen LogP contribution in [0.4, 0.5) is 0 Å². The van der Waals surface area contributed by atoms with Crippen molar-refractivity contribution in [1.29, 1.82) is 0 Å². The summed E-state index contributed by atoms with van der Waals surface area (Å²) in [6.45, 7) is 6.13. The molecule has 0 bridgehead atoms. The van der Waals surface area contributed by atoms with Gasteiger partial charge in [-0.3, -0.25) is 4.90 Å². The maximum absolute atomic E-state index is 11.1. The highest BCUT2D eigenvalue weighted by atomic mass is 16.4. The summed E-state index contributed by atoms with van der Waals surface area (Å²) in [6.07, 6.45) is 0. The number of aryl methyl sites for hydroxylation is 2. The van der Waals surface area contributed by atoms with Gasteiger partial charge in [0.1, 0.15) is 17.3 Å². The van der Waals surface area contributed by atoms with E-state index in [2.05, 4.69) is 21.4 Å². The van der Waals surface area contributed by atoms with Gasteiger partial charge in [0, 0.05) is 6.54 Å². The van der Waals surface area contributed by atoms with E-state index in [9.17, 15) is 4.79 Å². The Bertz CT molecular complexity index is 879. The number of benzene rings is 1. The number of carboxylic acid groups (broad SMARTS) is 1. The van der Waals surface area contributed by atoms with Crippen LogP contribution < -0.4 is 0 Å². The first-order chi connectivity index (χ1) is 11.5. The molecule has 0 amide bonds. The van der Waals surface area contributed by atoms with Crippen molar-refractivity contribution in [2.24, 2.45) is 0 Å². The third kappa shape index (κ3) is 3.19. The van der Waals surface area contributed by atoms with E-state index in [1.54, 1.807) is 12.1 Å². The molecule has 2 heterocycles. The number of imidazole rings is 1. The first-order valence-corrected chi connectivity index (χ1v) is 7.94. The van der Waals surface area contributed by atoms with Crippen LogP contribution in [0.25, 0.3) is 11.0 Å². The normalized spacial score (nSPS) is 11.5. The fourth-order valence-corrected chi connectivity index (χ4v) is 2.92. The van der Waals surface area contributed by atoms with Crippen molar-refractivity contribution in [3.63, 3.8) is 0 Å². The molecule has 2 aromatic heterocycles. The number of hydrogen-bond acceptors (Lipinski definition) is 4. The third-order valence-corrected chi connectivity index (χ3v) is 4.02. The van der Waals surface area contributed by atoms with Crippen LogP contribution in [0.5, 0.6) is 0 Å². The first kappa shape index (κ1) is 16.3. The molecule has 0 saturated carbocycles. The van der Waals surface area contributed by atoms with E-state index in [1.807, 2.05) is 32.2 Å². The summed E-state index contributed by atoms with van der Waals surface area (Å²) in [5.74, 6) is 1.80. The Labute approximate surface area is 140 Å². The van der Waals surface area contributed by atoms with Crippen LogP contribution in [0.3, 0.4) is 0 Å². The monoisotopic (exact) mass is 327 g/mol. The zero-order chi connectivity index (χ0) is 17.3. The molecule has 0 aliphatic heterocycles. The minimum atomic E-state index is -0.935. The Hall–Kier alpha value is -2.60. The lowest BCUT2D eigenvalue weighted by Crippen LogP contribution is -2.19. The summed E-state index contributed by atoms with van der Waals surface area (Å²) in [5.41, 5.74) is 1.93. The largest absolute Gasteiger partial charge is 0.478 e. The molecule has 0 saturated heterocycles. The van der Waals surface area contributed by atoms with Gasteiger partial charge in [-0.2, -0.15) is 0 Å². The lowest BCUT2D eigenvalue weighted by atomic mass is 10.2. The van der Waals surface area contributed by atoms with Gasteiger partial charge < -0.3 is 14.1 Å². The second-order valence-electron chi connectivity index (χ2n) is 5.97. The highest BCUT2D eigenvalue weighted by molar-refractivity contribution is 5.92. The van der Waals surface area contributed by atoms with Gasteiger partial charge >= 0.3 is 5.97 Å². The van der Waals surface area contributed by atoms with Gasteiger partial charge in [-0.05, 0) is 51.2 Å². The van der Waals surface area contributed by atoms with Crippen molar-refractivity contribution in [2.75, 3.05) is 7.05 Å². The second kappa shape index (κ2) is 6.49. The molecular weight excluding hydrogens is 306 g/mol. The zero-order valence-electron chi connectivity index (χ0n) is 14.1. The van der Waals surface area contributed by atoms with Crippen LogP contribution >= 0.6 is 0 Å². The van der Waals surface area contributed by atoms with Crippen molar-refractivity contribution in [3.05, 3.63) is 53.2 Å². The van der Waals surface area contributed by atoms with E-state index in [0.29, 0.717) is 18.6 Å². The van der Waals surface area contributed by atoms with Gasteiger partial charge in [0.25, 0.3) is 0 Å². The van der Waals surface area contributed by atoms with Gasteiger partial charge in [0.05, 0.1) is 29.7 Å². The molecule has 126 valence electrons. The van der Waals surface area contributed by atoms with Gasteiger partial charge in [-0.1, -0.05) is 0 Å². The maximum atomic E-state index is 11.1. The summed E-state index contributed by atoms with van der Waals surface area (Å²) in [5, 5.41) is 9.14. The average molecular weight is 327 g/mol. The fraction of sp³-hybridized carbons (Fsp3) is 0.333. The Morgan fingerprint density at radius 1 is 1.29 bits per heavy atom. The van der Waals surface area contributed by atoms with Crippen molar-refractivity contribution in [3.8, 4) is 0 Å². The van der Waals surface area contributed by atoms with Crippen molar-refractivity contribution in [1.82, 2.24) is 14.5 Å². The molecule has 24 heavy (non-hydrogen) atoms. The number of furan rings is 1. The van der Waals surface area contributed by atoms with Crippen molar-refractivity contribution in [2.45, 2.75) is 33.5 Å². The number of nitrogens with zero attached hydrogens (tertiary/aromatic N) is 3. The highest BCUT2D eigenvalue weighted by Gasteiger charge is 2.14. The number of carbonyl (C=O) groups is 1. The number of aromatic carboxylic acids is 1. The molecule has 6 heteroatoms. The SMILES string of the molecule is CCn1c(CN(C)Cc2ccc(C)o2)nc2cc(C(=O)O)ccc21. The smallest absolute Gasteiger partial charge is 0.335 e. The molecule has 0 unspecified atom stereocenters. The van der Waals surface area contributed by atoms with Crippen LogP contribution in [-0.2, 0) is 19.6 Å². The number of fused-ring (bicyclic) bond motifs is 1. The topological polar surface area (TPSA) is 71.5 Å². The second-order valence-corrected chi connectivity index (χ2v) is 5.97. The maximum Gasteiger partial charge on any atom is 0.335 e. The third-order valence-electron chi connectivity index (χ3n) is 4.02. The summed E-state index contributed by atoms with van der Waals surface area (Å²) in [4.78, 5) is 17.9. The van der Waals surface area contributed by atoms with Gasteiger partial charge in [0.2, 0.25) is 0 Å². The van der Waals surface area contributed by atoms with Crippen molar-refractivity contribution < 1.29 is 14.3 Å². The van der Waals surface area contributed by atoms with Crippen LogP contribution in [0.15, 0.2) is 34.7 Å². The quantitative estimate of drug-likeness (QED) is 0.752. The van der Waals surface area contributed by atoms with E-state index in [0.717, 1.165) is 29.4 Å².